The summed E-state index contributed by atoms with van der Waals surface area (Å²) in [6.45, 7) is 0.579. The Kier molecular flexibility index (Phi) is 3.22. The maximum Gasteiger partial charge on any atom is 0.193 e. The third-order valence-corrected chi connectivity index (χ3v) is 2.38. The lowest BCUT2D eigenvalue weighted by Crippen LogP contribution is -2.08. The van der Waals surface area contributed by atoms with Gasteiger partial charge in [0.15, 0.2) is 5.82 Å². The second-order valence-corrected chi connectivity index (χ2v) is 3.99. The van der Waals surface area contributed by atoms with E-state index < -0.39 is 0 Å². The zero-order valence-corrected chi connectivity index (χ0v) is 10.3. The minimum absolute atomic E-state index is 0.579. The van der Waals surface area contributed by atoms with Crippen molar-refractivity contribution in [1.82, 2.24) is 20.2 Å². The summed E-state index contributed by atoms with van der Waals surface area (Å²) in [6.07, 6.45) is 0. The lowest BCUT2D eigenvalue weighted by Gasteiger charge is -2.12. The zero-order chi connectivity index (χ0) is 12.3. The smallest absolute Gasteiger partial charge is 0.193 e. The van der Waals surface area contributed by atoms with Gasteiger partial charge >= 0.3 is 0 Å². The highest BCUT2D eigenvalue weighted by molar-refractivity contribution is 5.54. The number of aromatic nitrogens is 4. The summed E-state index contributed by atoms with van der Waals surface area (Å²) in [7, 11) is 5.79. The standard InChI is InChI=1S/C11H16N6/c1-16(2)10-6-4-9(5-7-10)12-8-11-13-15-17(3)14-11/h4-7,12H,8H2,1-3H3. The van der Waals surface area contributed by atoms with Crippen LogP contribution < -0.4 is 10.2 Å². The van der Waals surface area contributed by atoms with Crippen molar-refractivity contribution >= 4 is 11.4 Å². The monoisotopic (exact) mass is 232 g/mol. The Morgan fingerprint density at radius 1 is 1.24 bits per heavy atom. The van der Waals surface area contributed by atoms with Gasteiger partial charge in [0.25, 0.3) is 0 Å². The van der Waals surface area contributed by atoms with Crippen LogP contribution in [0.2, 0.25) is 0 Å². The number of rotatable bonds is 4. The fourth-order valence-electron chi connectivity index (χ4n) is 1.45. The molecule has 0 unspecified atom stereocenters. The number of nitrogens with one attached hydrogen (secondary N) is 1. The molecule has 2 aromatic rings. The average Bonchev–Trinajstić information content (AvgIpc) is 2.73. The third-order valence-electron chi connectivity index (χ3n) is 2.38. The normalized spacial score (nSPS) is 10.3. The number of nitrogens with zero attached hydrogens (tertiary/aromatic N) is 5. The highest BCUT2D eigenvalue weighted by Gasteiger charge is 2.00. The van der Waals surface area contributed by atoms with E-state index >= 15 is 0 Å². The van der Waals surface area contributed by atoms with Gasteiger partial charge in [-0.3, -0.25) is 0 Å². The number of aryl methyl sites for hydroxylation is 1. The molecule has 1 N–H and O–H groups in total. The minimum Gasteiger partial charge on any atom is -0.378 e. The fourth-order valence-corrected chi connectivity index (χ4v) is 1.45. The van der Waals surface area contributed by atoms with E-state index in [4.69, 9.17) is 0 Å². The van der Waals surface area contributed by atoms with Gasteiger partial charge in [0.05, 0.1) is 13.6 Å². The first-order valence-corrected chi connectivity index (χ1v) is 5.39. The van der Waals surface area contributed by atoms with Crippen molar-refractivity contribution in [2.45, 2.75) is 6.54 Å². The Morgan fingerprint density at radius 3 is 2.47 bits per heavy atom. The Hall–Kier alpha value is -2.11. The van der Waals surface area contributed by atoms with Crippen LogP contribution in [0, 0.1) is 0 Å². The quantitative estimate of drug-likeness (QED) is 0.848. The molecule has 6 nitrogen and oxygen atoms in total. The van der Waals surface area contributed by atoms with E-state index in [1.165, 1.54) is 10.5 Å². The summed E-state index contributed by atoms with van der Waals surface area (Å²) >= 11 is 0. The second-order valence-electron chi connectivity index (χ2n) is 3.99. The van der Waals surface area contributed by atoms with Crippen LogP contribution in [0.5, 0.6) is 0 Å². The molecular weight excluding hydrogens is 216 g/mol. The van der Waals surface area contributed by atoms with Gasteiger partial charge in [-0.1, -0.05) is 0 Å². The van der Waals surface area contributed by atoms with Crippen LogP contribution in [0.1, 0.15) is 5.82 Å². The zero-order valence-electron chi connectivity index (χ0n) is 10.3. The summed E-state index contributed by atoms with van der Waals surface area (Å²) in [4.78, 5) is 3.51. The van der Waals surface area contributed by atoms with Crippen LogP contribution in [0.4, 0.5) is 11.4 Å². The molecular formula is C11H16N6. The summed E-state index contributed by atoms with van der Waals surface area (Å²) in [6, 6.07) is 8.19. The highest BCUT2D eigenvalue weighted by Crippen LogP contribution is 2.15. The van der Waals surface area contributed by atoms with Gasteiger partial charge in [-0.15, -0.1) is 10.2 Å². The van der Waals surface area contributed by atoms with Gasteiger partial charge < -0.3 is 10.2 Å². The molecule has 0 bridgehead atoms. The van der Waals surface area contributed by atoms with E-state index in [1.807, 2.05) is 26.2 Å². The molecule has 2 rings (SSSR count). The van der Waals surface area contributed by atoms with Gasteiger partial charge in [0.2, 0.25) is 0 Å². The Morgan fingerprint density at radius 2 is 1.94 bits per heavy atom. The van der Waals surface area contributed by atoms with Crippen molar-refractivity contribution in [1.29, 1.82) is 0 Å². The molecule has 0 fully saturated rings. The number of hydrogen-bond donors (Lipinski definition) is 1. The van der Waals surface area contributed by atoms with Crippen LogP contribution in [0.3, 0.4) is 0 Å². The maximum absolute atomic E-state index is 4.10. The summed E-state index contributed by atoms with van der Waals surface area (Å²) in [5, 5.41) is 15.0. The summed E-state index contributed by atoms with van der Waals surface area (Å²) < 4.78 is 0. The van der Waals surface area contributed by atoms with Crippen molar-refractivity contribution in [3.05, 3.63) is 30.1 Å². The van der Waals surface area contributed by atoms with Crippen LogP contribution in [-0.4, -0.2) is 34.3 Å². The lowest BCUT2D eigenvalue weighted by atomic mass is 10.2. The van der Waals surface area contributed by atoms with Crippen molar-refractivity contribution < 1.29 is 0 Å². The number of anilines is 2. The molecule has 1 heterocycles. The number of tetrazole rings is 1. The molecule has 90 valence electrons. The predicted octanol–water partition coefficient (Wildman–Crippen LogP) is 0.888. The molecule has 0 saturated carbocycles. The Labute approximate surface area is 100 Å². The van der Waals surface area contributed by atoms with Gasteiger partial charge in [-0.2, -0.15) is 4.80 Å². The highest BCUT2D eigenvalue weighted by atomic mass is 15.6. The number of benzene rings is 1. The van der Waals surface area contributed by atoms with Crippen LogP contribution >= 0.6 is 0 Å². The number of hydrogen-bond acceptors (Lipinski definition) is 5. The largest absolute Gasteiger partial charge is 0.378 e. The van der Waals surface area contributed by atoms with Gasteiger partial charge in [0.1, 0.15) is 0 Å². The first kappa shape index (κ1) is 11.4. The topological polar surface area (TPSA) is 58.9 Å². The minimum atomic E-state index is 0.579. The first-order valence-electron chi connectivity index (χ1n) is 5.39. The Balaban J connectivity index is 1.95. The summed E-state index contributed by atoms with van der Waals surface area (Å²) in [5.74, 6) is 0.684. The van der Waals surface area contributed by atoms with Crippen LogP contribution in [0.15, 0.2) is 24.3 Å². The van der Waals surface area contributed by atoms with Crippen molar-refractivity contribution in [2.75, 3.05) is 24.3 Å². The van der Waals surface area contributed by atoms with E-state index in [0.717, 1.165) is 5.69 Å². The van der Waals surface area contributed by atoms with Crippen molar-refractivity contribution in [3.63, 3.8) is 0 Å². The second kappa shape index (κ2) is 4.82. The van der Waals surface area contributed by atoms with E-state index in [0.29, 0.717) is 12.4 Å². The third kappa shape index (κ3) is 2.93. The molecule has 0 radical (unpaired) electrons. The van der Waals surface area contributed by atoms with E-state index in [9.17, 15) is 0 Å². The molecule has 0 amide bonds. The van der Waals surface area contributed by atoms with Gasteiger partial charge in [-0.05, 0) is 29.5 Å². The predicted molar refractivity (Wildman–Crippen MR) is 66.9 cm³/mol. The lowest BCUT2D eigenvalue weighted by molar-refractivity contribution is 0.628. The maximum atomic E-state index is 4.10. The first-order chi connectivity index (χ1) is 8.15. The van der Waals surface area contributed by atoms with Gasteiger partial charge in [-0.25, -0.2) is 0 Å². The molecule has 17 heavy (non-hydrogen) atoms. The fraction of sp³-hybridized carbons (Fsp3) is 0.364. The molecule has 1 aromatic carbocycles. The van der Waals surface area contributed by atoms with Crippen molar-refractivity contribution in [3.8, 4) is 0 Å². The van der Waals surface area contributed by atoms with Crippen LogP contribution in [0.25, 0.3) is 0 Å². The molecule has 1 aromatic heterocycles. The van der Waals surface area contributed by atoms with Crippen LogP contribution in [-0.2, 0) is 13.6 Å². The molecule has 0 aliphatic carbocycles. The molecule has 0 saturated heterocycles. The van der Waals surface area contributed by atoms with E-state index in [1.54, 1.807) is 7.05 Å². The average molecular weight is 232 g/mol. The van der Waals surface area contributed by atoms with E-state index in [2.05, 4.69) is 37.8 Å². The molecule has 6 heteroatoms. The molecule has 0 aliphatic heterocycles. The van der Waals surface area contributed by atoms with Gasteiger partial charge in [0, 0.05) is 25.5 Å². The molecule has 0 atom stereocenters. The SMILES string of the molecule is CN(C)c1ccc(NCc2nnn(C)n2)cc1. The molecule has 0 spiro atoms. The van der Waals surface area contributed by atoms with Crippen molar-refractivity contribution in [2.24, 2.45) is 7.05 Å². The summed E-state index contributed by atoms with van der Waals surface area (Å²) in [5.41, 5.74) is 2.22. The van der Waals surface area contributed by atoms with E-state index in [-0.39, 0.29) is 0 Å². The molecule has 0 aliphatic rings. The Bertz CT molecular complexity index is 473.